The van der Waals surface area contributed by atoms with Crippen molar-refractivity contribution in [1.82, 2.24) is 0 Å². The first kappa shape index (κ1) is 61.1. The van der Waals surface area contributed by atoms with E-state index in [1.807, 2.05) is 0 Å². The summed E-state index contributed by atoms with van der Waals surface area (Å²) >= 11 is 0. The van der Waals surface area contributed by atoms with Gasteiger partial charge in [-0.3, -0.25) is 9.59 Å². The quantitative estimate of drug-likeness (QED) is 0.0346. The van der Waals surface area contributed by atoms with Gasteiger partial charge in [-0.1, -0.05) is 228 Å². The maximum atomic E-state index is 12.8. The van der Waals surface area contributed by atoms with Crippen LogP contribution in [0.5, 0.6) is 0 Å². The zero-order valence-electron chi connectivity index (χ0n) is 42.3. The Labute approximate surface area is 397 Å². The fraction of sp³-hybridized carbons (Fsp3) is 0.729. The predicted octanol–water partition coefficient (Wildman–Crippen LogP) is 18.5. The van der Waals surface area contributed by atoms with E-state index in [1.165, 1.54) is 128 Å². The molecule has 0 saturated heterocycles. The van der Waals surface area contributed by atoms with Crippen LogP contribution in [0.4, 0.5) is 0 Å². The van der Waals surface area contributed by atoms with Crippen LogP contribution in [0, 0.1) is 0 Å². The van der Waals surface area contributed by atoms with Gasteiger partial charge in [0.05, 0.1) is 6.61 Å². The summed E-state index contributed by atoms with van der Waals surface area (Å²) in [6.45, 7) is 7.63. The Morgan fingerprint density at radius 1 is 0.359 bits per heavy atom. The molecule has 0 rings (SSSR count). The van der Waals surface area contributed by atoms with Gasteiger partial charge in [-0.05, 0) is 96.3 Å². The highest BCUT2D eigenvalue weighted by Gasteiger charge is 2.17. The van der Waals surface area contributed by atoms with E-state index < -0.39 is 6.10 Å². The number of rotatable bonds is 49. The zero-order valence-corrected chi connectivity index (χ0v) is 42.3. The number of allylic oxidation sites excluding steroid dienone is 14. The molecule has 64 heavy (non-hydrogen) atoms. The van der Waals surface area contributed by atoms with E-state index in [1.54, 1.807) is 0 Å². The van der Waals surface area contributed by atoms with Gasteiger partial charge in [0.1, 0.15) is 6.61 Å². The summed E-state index contributed by atoms with van der Waals surface area (Å²) in [5.74, 6) is -0.416. The number of esters is 2. The number of hydrogen-bond acceptors (Lipinski definition) is 5. The molecule has 5 nitrogen and oxygen atoms in total. The van der Waals surface area contributed by atoms with E-state index in [4.69, 9.17) is 14.2 Å². The van der Waals surface area contributed by atoms with E-state index >= 15 is 0 Å². The standard InChI is InChI=1S/C59H102O5/c1-4-7-10-13-16-19-21-23-25-27-29-31-33-35-37-39-42-45-48-51-54-62-55-57(64-59(61)53-50-47-44-40-18-15-12-9-6-3)56-63-58(60)52-49-46-43-41-38-36-34-32-30-28-26-24-22-20-17-14-11-8-5-2/h7,10,16-17,19-20,23-26,29,31,35,37,57H,4-6,8-9,11-15,18,21-22,27-28,30,32-34,36,38-56H2,1-3H3/b10-7-,19-16-,20-17-,25-23-,26-24-,31-29-,37-35-. The van der Waals surface area contributed by atoms with Crippen LogP contribution in [0.1, 0.15) is 252 Å². The van der Waals surface area contributed by atoms with Gasteiger partial charge in [-0.2, -0.15) is 0 Å². The second-order valence-corrected chi connectivity index (χ2v) is 17.8. The monoisotopic (exact) mass is 891 g/mol. The maximum Gasteiger partial charge on any atom is 0.306 e. The van der Waals surface area contributed by atoms with Crippen LogP contribution in [0.25, 0.3) is 0 Å². The van der Waals surface area contributed by atoms with E-state index in [0.29, 0.717) is 19.4 Å². The normalized spacial score (nSPS) is 12.9. The van der Waals surface area contributed by atoms with Crippen LogP contribution in [-0.2, 0) is 23.8 Å². The van der Waals surface area contributed by atoms with Gasteiger partial charge in [-0.15, -0.1) is 0 Å². The van der Waals surface area contributed by atoms with Crippen LogP contribution in [-0.4, -0.2) is 37.9 Å². The van der Waals surface area contributed by atoms with Crippen molar-refractivity contribution in [3.8, 4) is 0 Å². The molecule has 0 radical (unpaired) electrons. The highest BCUT2D eigenvalue weighted by atomic mass is 16.6. The van der Waals surface area contributed by atoms with Crippen molar-refractivity contribution in [1.29, 1.82) is 0 Å². The third-order valence-corrected chi connectivity index (χ3v) is 11.4. The number of unbranched alkanes of at least 4 members (excludes halogenated alkanes) is 24. The molecule has 0 bridgehead atoms. The molecule has 0 aromatic heterocycles. The van der Waals surface area contributed by atoms with E-state index in [9.17, 15) is 9.59 Å². The summed E-state index contributed by atoms with van der Waals surface area (Å²) < 4.78 is 17.4. The summed E-state index contributed by atoms with van der Waals surface area (Å²) in [5.41, 5.74) is 0. The Kier molecular flexibility index (Phi) is 51.9. The Balaban J connectivity index is 4.23. The van der Waals surface area contributed by atoms with Crippen LogP contribution < -0.4 is 0 Å². The van der Waals surface area contributed by atoms with Crippen molar-refractivity contribution in [3.05, 3.63) is 85.1 Å². The number of ether oxygens (including phenoxy) is 3. The fourth-order valence-corrected chi connectivity index (χ4v) is 7.39. The maximum absolute atomic E-state index is 12.8. The number of carbonyl (C=O) groups is 2. The van der Waals surface area contributed by atoms with Crippen molar-refractivity contribution in [3.63, 3.8) is 0 Å². The molecule has 5 heteroatoms. The molecule has 1 atom stereocenters. The van der Waals surface area contributed by atoms with Gasteiger partial charge in [0.15, 0.2) is 6.10 Å². The Morgan fingerprint density at radius 2 is 0.703 bits per heavy atom. The Hall–Kier alpha value is -2.92. The number of hydrogen-bond donors (Lipinski definition) is 0. The Bertz CT molecular complexity index is 1190. The molecular formula is C59H102O5. The van der Waals surface area contributed by atoms with Crippen LogP contribution in [0.3, 0.4) is 0 Å². The molecule has 0 aromatic rings. The van der Waals surface area contributed by atoms with Crippen molar-refractivity contribution in [2.45, 2.75) is 258 Å². The lowest BCUT2D eigenvalue weighted by Crippen LogP contribution is -2.30. The average molecular weight is 891 g/mol. The van der Waals surface area contributed by atoms with E-state index in [2.05, 4.69) is 106 Å². The highest BCUT2D eigenvalue weighted by molar-refractivity contribution is 5.70. The fourth-order valence-electron chi connectivity index (χ4n) is 7.39. The molecule has 368 valence electrons. The van der Waals surface area contributed by atoms with Crippen molar-refractivity contribution < 1.29 is 23.8 Å². The van der Waals surface area contributed by atoms with Crippen LogP contribution >= 0.6 is 0 Å². The van der Waals surface area contributed by atoms with Gasteiger partial charge < -0.3 is 14.2 Å². The first-order chi connectivity index (χ1) is 31.6. The first-order valence-electron chi connectivity index (χ1n) is 27.1. The van der Waals surface area contributed by atoms with Gasteiger partial charge in [0, 0.05) is 19.4 Å². The topological polar surface area (TPSA) is 61.8 Å². The van der Waals surface area contributed by atoms with Crippen LogP contribution in [0.2, 0.25) is 0 Å². The van der Waals surface area contributed by atoms with Crippen molar-refractivity contribution >= 4 is 11.9 Å². The molecule has 0 saturated carbocycles. The Morgan fingerprint density at radius 3 is 1.16 bits per heavy atom. The van der Waals surface area contributed by atoms with Gasteiger partial charge in [-0.25, -0.2) is 0 Å². The SMILES string of the molecule is CC/C=C\C/C=C\C/C=C\C/C=C\C/C=C\CCCCCCOCC(COC(=O)CCCCCCCCCCC/C=C\C/C=C\CCCCC)OC(=O)CCCCCCCCCCC. The van der Waals surface area contributed by atoms with Crippen LogP contribution in [0.15, 0.2) is 85.1 Å². The lowest BCUT2D eigenvalue weighted by atomic mass is 10.1. The predicted molar refractivity (Wildman–Crippen MR) is 279 cm³/mol. The smallest absolute Gasteiger partial charge is 0.306 e. The first-order valence-corrected chi connectivity index (χ1v) is 27.1. The second-order valence-electron chi connectivity index (χ2n) is 17.8. The van der Waals surface area contributed by atoms with Crippen molar-refractivity contribution in [2.24, 2.45) is 0 Å². The minimum atomic E-state index is -0.552. The van der Waals surface area contributed by atoms with Gasteiger partial charge >= 0.3 is 11.9 Å². The molecule has 0 heterocycles. The van der Waals surface area contributed by atoms with E-state index in [-0.39, 0.29) is 25.2 Å². The molecule has 0 fully saturated rings. The lowest BCUT2D eigenvalue weighted by molar-refractivity contribution is -0.163. The minimum absolute atomic E-state index is 0.0710. The summed E-state index contributed by atoms with van der Waals surface area (Å²) in [6.07, 6.45) is 71.7. The molecule has 0 N–H and O–H groups in total. The van der Waals surface area contributed by atoms with Gasteiger partial charge in [0.2, 0.25) is 0 Å². The summed E-state index contributed by atoms with van der Waals surface area (Å²) in [5, 5.41) is 0. The van der Waals surface area contributed by atoms with E-state index in [0.717, 1.165) is 89.9 Å². The molecule has 0 aliphatic carbocycles. The highest BCUT2D eigenvalue weighted by Crippen LogP contribution is 2.14. The average Bonchev–Trinajstić information content (AvgIpc) is 3.30. The zero-order chi connectivity index (χ0) is 46.3. The molecule has 0 aliphatic rings. The van der Waals surface area contributed by atoms with Gasteiger partial charge in [0.25, 0.3) is 0 Å². The third-order valence-electron chi connectivity index (χ3n) is 11.4. The molecule has 0 spiro atoms. The molecule has 0 aliphatic heterocycles. The molecule has 0 aromatic carbocycles. The minimum Gasteiger partial charge on any atom is -0.462 e. The number of carbonyl (C=O) groups excluding carboxylic acids is 2. The summed E-state index contributed by atoms with van der Waals surface area (Å²) in [7, 11) is 0. The molecule has 0 amide bonds. The molecular weight excluding hydrogens is 789 g/mol. The summed E-state index contributed by atoms with van der Waals surface area (Å²) in [6, 6.07) is 0. The second kappa shape index (κ2) is 54.4. The van der Waals surface area contributed by atoms with Crippen molar-refractivity contribution in [2.75, 3.05) is 19.8 Å². The largest absolute Gasteiger partial charge is 0.462 e. The summed E-state index contributed by atoms with van der Waals surface area (Å²) in [4.78, 5) is 25.4. The lowest BCUT2D eigenvalue weighted by Gasteiger charge is -2.18. The third kappa shape index (κ3) is 51.7. The molecule has 1 unspecified atom stereocenters.